The number of benzene rings is 2. The van der Waals surface area contributed by atoms with Gasteiger partial charge in [-0.1, -0.05) is 16.8 Å². The maximum atomic E-state index is 13.0. The zero-order chi connectivity index (χ0) is 15.0. The van der Waals surface area contributed by atoms with Crippen LogP contribution in [0.25, 0.3) is 22.8 Å². The number of anilines is 1. The zero-order valence-corrected chi connectivity index (χ0v) is 11.3. The fourth-order valence-electron chi connectivity index (χ4n) is 1.80. The van der Waals surface area contributed by atoms with E-state index in [4.69, 9.17) is 21.9 Å². The Morgan fingerprint density at radius 2 is 2.00 bits per heavy atom. The molecule has 0 bridgehead atoms. The molecule has 21 heavy (non-hydrogen) atoms. The third-order valence-corrected chi connectivity index (χ3v) is 3.19. The summed E-state index contributed by atoms with van der Waals surface area (Å²) in [4.78, 5) is 4.18. The summed E-state index contributed by atoms with van der Waals surface area (Å²) in [5.41, 5.74) is 6.74. The Kier molecular flexibility index (Phi) is 3.23. The summed E-state index contributed by atoms with van der Waals surface area (Å²) in [5.74, 6) is -0.102. The average molecular weight is 306 g/mol. The van der Waals surface area contributed by atoms with Gasteiger partial charge in [-0.25, -0.2) is 4.39 Å². The number of rotatable bonds is 2. The molecule has 3 rings (SSSR count). The molecule has 2 aromatic carbocycles. The predicted molar refractivity (Wildman–Crippen MR) is 76.2 cm³/mol. The van der Waals surface area contributed by atoms with Gasteiger partial charge in [0.25, 0.3) is 5.89 Å². The molecule has 3 N–H and O–H groups in total. The smallest absolute Gasteiger partial charge is 0.258 e. The second kappa shape index (κ2) is 5.06. The van der Waals surface area contributed by atoms with Crippen molar-refractivity contribution in [1.82, 2.24) is 10.1 Å². The quantitative estimate of drug-likeness (QED) is 0.559. The van der Waals surface area contributed by atoms with Crippen molar-refractivity contribution in [3.63, 3.8) is 0 Å². The maximum Gasteiger partial charge on any atom is 0.258 e. The summed E-state index contributed by atoms with van der Waals surface area (Å²) in [6, 6.07) is 8.47. The van der Waals surface area contributed by atoms with E-state index in [0.29, 0.717) is 11.1 Å². The second-order valence-corrected chi connectivity index (χ2v) is 4.73. The first-order valence-corrected chi connectivity index (χ1v) is 6.30. The highest BCUT2D eigenvalue weighted by Crippen LogP contribution is 2.30. The Morgan fingerprint density at radius 3 is 2.71 bits per heavy atom. The standard InChI is InChI=1S/C14H9ClFN3O2/c15-10-6-8(16)2-3-9(10)13-18-14(21-19-13)7-1-4-11(17)12(20)5-7/h1-6,20H,17H2. The molecule has 1 heterocycles. The van der Waals surface area contributed by atoms with E-state index < -0.39 is 5.82 Å². The molecule has 0 saturated carbocycles. The minimum absolute atomic E-state index is 0.0768. The third-order valence-electron chi connectivity index (χ3n) is 2.88. The van der Waals surface area contributed by atoms with Crippen LogP contribution in [0.2, 0.25) is 5.02 Å². The number of phenols is 1. The summed E-state index contributed by atoms with van der Waals surface area (Å²) in [5, 5.41) is 13.6. The molecular weight excluding hydrogens is 297 g/mol. The Labute approximate surface area is 123 Å². The van der Waals surface area contributed by atoms with Crippen LogP contribution in [0.1, 0.15) is 0 Å². The van der Waals surface area contributed by atoms with Crippen molar-refractivity contribution < 1.29 is 14.0 Å². The van der Waals surface area contributed by atoms with Gasteiger partial charge < -0.3 is 15.4 Å². The third kappa shape index (κ3) is 2.53. The molecule has 3 aromatic rings. The van der Waals surface area contributed by atoms with Crippen molar-refractivity contribution in [3.05, 3.63) is 47.2 Å². The molecule has 0 atom stereocenters. The molecule has 0 radical (unpaired) electrons. The van der Waals surface area contributed by atoms with Crippen LogP contribution in [0, 0.1) is 5.82 Å². The molecule has 0 aliphatic carbocycles. The zero-order valence-electron chi connectivity index (χ0n) is 10.5. The largest absolute Gasteiger partial charge is 0.506 e. The average Bonchev–Trinajstić information content (AvgIpc) is 2.91. The van der Waals surface area contributed by atoms with E-state index in [0.717, 1.165) is 0 Å². The molecule has 0 spiro atoms. The molecule has 0 amide bonds. The molecule has 1 aromatic heterocycles. The number of halogens is 2. The number of nitrogens with two attached hydrogens (primary N) is 1. The van der Waals surface area contributed by atoms with E-state index in [-0.39, 0.29) is 28.2 Å². The van der Waals surface area contributed by atoms with Gasteiger partial charge in [0, 0.05) is 11.1 Å². The van der Waals surface area contributed by atoms with Gasteiger partial charge in [0.05, 0.1) is 10.7 Å². The first-order valence-electron chi connectivity index (χ1n) is 5.92. The van der Waals surface area contributed by atoms with Gasteiger partial charge in [-0.05, 0) is 36.4 Å². The number of nitrogen functional groups attached to an aromatic ring is 1. The molecule has 0 aliphatic heterocycles. The van der Waals surface area contributed by atoms with Crippen molar-refractivity contribution >= 4 is 17.3 Å². The number of hydrogen-bond donors (Lipinski definition) is 2. The van der Waals surface area contributed by atoms with Gasteiger partial charge in [-0.15, -0.1) is 0 Å². The van der Waals surface area contributed by atoms with Gasteiger partial charge in [0.2, 0.25) is 5.82 Å². The fourth-order valence-corrected chi connectivity index (χ4v) is 2.05. The monoisotopic (exact) mass is 305 g/mol. The van der Waals surface area contributed by atoms with Crippen molar-refractivity contribution in [2.75, 3.05) is 5.73 Å². The van der Waals surface area contributed by atoms with Gasteiger partial charge in [-0.3, -0.25) is 0 Å². The van der Waals surface area contributed by atoms with Crippen LogP contribution in [0.5, 0.6) is 5.75 Å². The van der Waals surface area contributed by atoms with Crippen molar-refractivity contribution in [1.29, 1.82) is 0 Å². The van der Waals surface area contributed by atoms with E-state index in [1.54, 1.807) is 6.07 Å². The molecule has 106 valence electrons. The Hall–Kier alpha value is -2.60. The first-order chi connectivity index (χ1) is 10.0. The normalized spacial score (nSPS) is 10.8. The van der Waals surface area contributed by atoms with Crippen molar-refractivity contribution in [2.24, 2.45) is 0 Å². The lowest BCUT2D eigenvalue weighted by molar-refractivity contribution is 0.431. The Balaban J connectivity index is 2.01. The number of hydrogen-bond acceptors (Lipinski definition) is 5. The maximum absolute atomic E-state index is 13.0. The van der Waals surface area contributed by atoms with E-state index in [1.165, 1.54) is 30.3 Å². The first kappa shape index (κ1) is 13.4. The van der Waals surface area contributed by atoms with Crippen LogP contribution in [0.15, 0.2) is 40.9 Å². The molecule has 0 unspecified atom stereocenters. The lowest BCUT2D eigenvalue weighted by atomic mass is 10.2. The Morgan fingerprint density at radius 1 is 1.19 bits per heavy atom. The van der Waals surface area contributed by atoms with Gasteiger partial charge in [0.15, 0.2) is 0 Å². The van der Waals surface area contributed by atoms with Crippen LogP contribution in [0.3, 0.4) is 0 Å². The summed E-state index contributed by atoms with van der Waals surface area (Å²) in [6.07, 6.45) is 0. The minimum atomic E-state index is -0.448. The predicted octanol–water partition coefficient (Wildman–Crippen LogP) is 3.48. The van der Waals surface area contributed by atoms with Crippen LogP contribution < -0.4 is 5.73 Å². The van der Waals surface area contributed by atoms with E-state index in [9.17, 15) is 9.50 Å². The SMILES string of the molecule is Nc1ccc(-c2nc(-c3ccc(F)cc3Cl)no2)cc1O. The van der Waals surface area contributed by atoms with E-state index in [2.05, 4.69) is 10.1 Å². The molecule has 0 fully saturated rings. The topological polar surface area (TPSA) is 85.2 Å². The highest BCUT2D eigenvalue weighted by Gasteiger charge is 2.14. The van der Waals surface area contributed by atoms with Crippen LogP contribution in [0.4, 0.5) is 10.1 Å². The molecule has 5 nitrogen and oxygen atoms in total. The fraction of sp³-hybridized carbons (Fsp3) is 0. The summed E-state index contributed by atoms with van der Waals surface area (Å²) in [6.45, 7) is 0. The van der Waals surface area contributed by atoms with Gasteiger partial charge in [-0.2, -0.15) is 4.98 Å². The van der Waals surface area contributed by atoms with Crippen LogP contribution in [-0.2, 0) is 0 Å². The number of aromatic nitrogens is 2. The van der Waals surface area contributed by atoms with Crippen molar-refractivity contribution in [3.8, 4) is 28.6 Å². The molecular formula is C14H9ClFN3O2. The highest BCUT2D eigenvalue weighted by atomic mass is 35.5. The number of phenolic OH excluding ortho intramolecular Hbond substituents is 1. The van der Waals surface area contributed by atoms with Crippen LogP contribution in [-0.4, -0.2) is 15.2 Å². The Bertz CT molecular complexity index is 820. The minimum Gasteiger partial charge on any atom is -0.506 e. The van der Waals surface area contributed by atoms with E-state index >= 15 is 0 Å². The summed E-state index contributed by atoms with van der Waals surface area (Å²) < 4.78 is 18.1. The second-order valence-electron chi connectivity index (χ2n) is 4.32. The molecule has 7 heteroatoms. The van der Waals surface area contributed by atoms with Gasteiger partial charge >= 0.3 is 0 Å². The lowest BCUT2D eigenvalue weighted by Crippen LogP contribution is -1.87. The van der Waals surface area contributed by atoms with Gasteiger partial charge in [0.1, 0.15) is 11.6 Å². The number of nitrogens with zero attached hydrogens (tertiary/aromatic N) is 2. The molecule has 0 saturated heterocycles. The lowest BCUT2D eigenvalue weighted by Gasteiger charge is -1.99. The van der Waals surface area contributed by atoms with Crippen molar-refractivity contribution in [2.45, 2.75) is 0 Å². The van der Waals surface area contributed by atoms with E-state index in [1.807, 2.05) is 0 Å². The highest BCUT2D eigenvalue weighted by molar-refractivity contribution is 6.33. The number of aromatic hydroxyl groups is 1. The van der Waals surface area contributed by atoms with Crippen LogP contribution >= 0.6 is 11.6 Å². The summed E-state index contributed by atoms with van der Waals surface area (Å²) in [7, 11) is 0. The molecule has 0 aliphatic rings. The summed E-state index contributed by atoms with van der Waals surface area (Å²) >= 11 is 5.95.